The van der Waals surface area contributed by atoms with Gasteiger partial charge < -0.3 is 10.1 Å². The smallest absolute Gasteiger partial charge is 0.0887 e. The van der Waals surface area contributed by atoms with E-state index in [1.165, 1.54) is 10.9 Å². The van der Waals surface area contributed by atoms with Crippen molar-refractivity contribution in [2.75, 3.05) is 19.7 Å². The van der Waals surface area contributed by atoms with Gasteiger partial charge in [-0.25, -0.2) is 0 Å². The fraction of sp³-hybridized carbons (Fsp3) is 0.500. The van der Waals surface area contributed by atoms with Crippen LogP contribution >= 0.6 is 0 Å². The van der Waals surface area contributed by atoms with E-state index >= 15 is 0 Å². The quantitative estimate of drug-likeness (QED) is 0.911. The van der Waals surface area contributed by atoms with Crippen LogP contribution in [0.1, 0.15) is 31.9 Å². The van der Waals surface area contributed by atoms with Crippen molar-refractivity contribution < 1.29 is 4.74 Å². The lowest BCUT2D eigenvalue weighted by molar-refractivity contribution is 0.0913. The summed E-state index contributed by atoms with van der Waals surface area (Å²) in [6.45, 7) is 7.42. The van der Waals surface area contributed by atoms with Crippen molar-refractivity contribution in [3.63, 3.8) is 0 Å². The van der Waals surface area contributed by atoms with Crippen molar-refractivity contribution in [1.29, 1.82) is 0 Å². The number of para-hydroxylation sites is 1. The number of rotatable bonds is 5. The lowest BCUT2D eigenvalue weighted by Crippen LogP contribution is -2.28. The molecule has 1 aromatic heterocycles. The molecule has 1 aliphatic heterocycles. The van der Waals surface area contributed by atoms with Crippen LogP contribution < -0.4 is 5.32 Å². The summed E-state index contributed by atoms with van der Waals surface area (Å²) < 4.78 is 6.04. The summed E-state index contributed by atoms with van der Waals surface area (Å²) >= 11 is 0. The lowest BCUT2D eigenvalue weighted by atomic mass is 9.93. The number of hydrogen-bond acceptors (Lipinski definition) is 3. The first-order chi connectivity index (χ1) is 10.3. The highest BCUT2D eigenvalue weighted by Gasteiger charge is 2.30. The number of benzene rings is 1. The zero-order valence-electron chi connectivity index (χ0n) is 12.9. The van der Waals surface area contributed by atoms with E-state index in [-0.39, 0.29) is 6.10 Å². The number of hydrogen-bond donors (Lipinski definition) is 1. The summed E-state index contributed by atoms with van der Waals surface area (Å²) in [4.78, 5) is 4.57. The van der Waals surface area contributed by atoms with Crippen molar-refractivity contribution in [2.24, 2.45) is 11.8 Å². The van der Waals surface area contributed by atoms with Gasteiger partial charge in [-0.05, 0) is 24.9 Å². The van der Waals surface area contributed by atoms with E-state index in [0.717, 1.165) is 31.6 Å². The molecule has 3 nitrogen and oxygen atoms in total. The Hall–Kier alpha value is -1.45. The first-order valence-corrected chi connectivity index (χ1v) is 7.91. The van der Waals surface area contributed by atoms with Gasteiger partial charge in [0.15, 0.2) is 0 Å². The number of aromatic nitrogens is 1. The normalized spacial score (nSPS) is 22.2. The highest BCUT2D eigenvalue weighted by Crippen LogP contribution is 2.36. The van der Waals surface area contributed by atoms with E-state index in [2.05, 4.69) is 48.4 Å². The topological polar surface area (TPSA) is 34.1 Å². The zero-order chi connectivity index (χ0) is 14.7. The Bertz CT molecular complexity index is 591. The van der Waals surface area contributed by atoms with Crippen LogP contribution in [0.15, 0.2) is 36.5 Å². The molecule has 21 heavy (non-hydrogen) atoms. The average Bonchev–Trinajstić information content (AvgIpc) is 2.94. The van der Waals surface area contributed by atoms with Crippen molar-refractivity contribution in [1.82, 2.24) is 10.3 Å². The van der Waals surface area contributed by atoms with Crippen LogP contribution in [0.4, 0.5) is 0 Å². The fourth-order valence-corrected chi connectivity index (χ4v) is 3.10. The van der Waals surface area contributed by atoms with Gasteiger partial charge in [0.25, 0.3) is 0 Å². The number of fused-ring (bicyclic) bond motifs is 1. The minimum atomic E-state index is 0.170. The largest absolute Gasteiger partial charge is 0.373 e. The van der Waals surface area contributed by atoms with Crippen LogP contribution in [0.2, 0.25) is 0 Å². The Kier molecular flexibility index (Phi) is 4.51. The number of nitrogens with one attached hydrogen (secondary N) is 1. The van der Waals surface area contributed by atoms with E-state index in [1.54, 1.807) is 0 Å². The lowest BCUT2D eigenvalue weighted by Gasteiger charge is -2.21. The maximum atomic E-state index is 6.04. The molecular weight excluding hydrogens is 260 g/mol. The summed E-state index contributed by atoms with van der Waals surface area (Å²) in [5, 5.41) is 4.77. The second kappa shape index (κ2) is 6.54. The number of nitrogens with zero attached hydrogens (tertiary/aromatic N) is 1. The fourth-order valence-electron chi connectivity index (χ4n) is 3.10. The molecule has 3 rings (SSSR count). The maximum absolute atomic E-state index is 6.04. The van der Waals surface area contributed by atoms with Crippen molar-refractivity contribution in [3.05, 3.63) is 42.1 Å². The molecule has 1 aliphatic rings. The van der Waals surface area contributed by atoms with E-state index < -0.39 is 0 Å². The average molecular weight is 284 g/mol. The first kappa shape index (κ1) is 14.5. The van der Waals surface area contributed by atoms with E-state index in [1.807, 2.05) is 12.3 Å². The third-order valence-corrected chi connectivity index (χ3v) is 4.14. The standard InChI is InChI=1S/C18H24N2O/c1-13(2)11-19-12-15-8-10-21-18(15)16-7-3-5-14-6-4-9-20-17(14)16/h3-7,9,13,15,18-19H,8,10-12H2,1-2H3. The third kappa shape index (κ3) is 3.25. The van der Waals surface area contributed by atoms with Gasteiger partial charge in [0, 0.05) is 36.2 Å². The van der Waals surface area contributed by atoms with Gasteiger partial charge in [-0.2, -0.15) is 0 Å². The molecule has 1 N–H and O–H groups in total. The molecule has 3 heteroatoms. The van der Waals surface area contributed by atoms with Crippen LogP contribution in [0.5, 0.6) is 0 Å². The van der Waals surface area contributed by atoms with Crippen molar-refractivity contribution >= 4 is 10.9 Å². The van der Waals surface area contributed by atoms with Crippen LogP contribution in [-0.4, -0.2) is 24.7 Å². The first-order valence-electron chi connectivity index (χ1n) is 7.91. The molecule has 1 fully saturated rings. The minimum Gasteiger partial charge on any atom is -0.373 e. The van der Waals surface area contributed by atoms with Gasteiger partial charge in [-0.1, -0.05) is 38.1 Å². The van der Waals surface area contributed by atoms with Gasteiger partial charge in [0.2, 0.25) is 0 Å². The summed E-state index contributed by atoms with van der Waals surface area (Å²) in [6.07, 6.45) is 3.16. The Morgan fingerprint density at radius 2 is 2.14 bits per heavy atom. The summed E-state index contributed by atoms with van der Waals surface area (Å²) in [5.41, 5.74) is 2.32. The van der Waals surface area contributed by atoms with Crippen LogP contribution in [0.25, 0.3) is 10.9 Å². The van der Waals surface area contributed by atoms with Crippen LogP contribution in [-0.2, 0) is 4.74 Å². The Labute approximate surface area is 126 Å². The Morgan fingerprint density at radius 1 is 1.29 bits per heavy atom. The van der Waals surface area contributed by atoms with Gasteiger partial charge in [0.1, 0.15) is 0 Å². The van der Waals surface area contributed by atoms with E-state index in [4.69, 9.17) is 4.74 Å². The number of pyridine rings is 1. The SMILES string of the molecule is CC(C)CNCC1CCOC1c1cccc2cccnc12. The molecule has 0 amide bonds. The van der Waals surface area contributed by atoms with Crippen LogP contribution in [0, 0.1) is 11.8 Å². The second-order valence-corrected chi connectivity index (χ2v) is 6.31. The summed E-state index contributed by atoms with van der Waals surface area (Å²) in [6, 6.07) is 10.5. The summed E-state index contributed by atoms with van der Waals surface area (Å²) in [5.74, 6) is 1.22. The third-order valence-electron chi connectivity index (χ3n) is 4.14. The zero-order valence-corrected chi connectivity index (χ0v) is 12.9. The highest BCUT2D eigenvalue weighted by molar-refractivity contribution is 5.81. The summed E-state index contributed by atoms with van der Waals surface area (Å²) in [7, 11) is 0. The predicted octanol–water partition coefficient (Wildman–Crippen LogP) is 3.56. The molecule has 1 saturated heterocycles. The maximum Gasteiger partial charge on any atom is 0.0887 e. The highest BCUT2D eigenvalue weighted by atomic mass is 16.5. The second-order valence-electron chi connectivity index (χ2n) is 6.31. The van der Waals surface area contributed by atoms with E-state index in [9.17, 15) is 0 Å². The molecule has 0 spiro atoms. The van der Waals surface area contributed by atoms with Gasteiger partial charge in [-0.15, -0.1) is 0 Å². The molecule has 0 aliphatic carbocycles. The molecule has 2 aromatic rings. The molecule has 2 heterocycles. The number of ether oxygens (including phenoxy) is 1. The molecule has 2 unspecified atom stereocenters. The molecule has 1 aromatic carbocycles. The molecule has 0 bridgehead atoms. The molecule has 0 saturated carbocycles. The molecular formula is C18H24N2O. The minimum absolute atomic E-state index is 0.170. The molecule has 2 atom stereocenters. The Morgan fingerprint density at radius 3 is 3.00 bits per heavy atom. The Balaban J connectivity index is 1.80. The van der Waals surface area contributed by atoms with E-state index in [0.29, 0.717) is 11.8 Å². The van der Waals surface area contributed by atoms with Crippen molar-refractivity contribution in [3.8, 4) is 0 Å². The molecule has 0 radical (unpaired) electrons. The van der Waals surface area contributed by atoms with Gasteiger partial charge >= 0.3 is 0 Å². The van der Waals surface area contributed by atoms with Crippen LogP contribution in [0.3, 0.4) is 0 Å². The predicted molar refractivity (Wildman–Crippen MR) is 86.3 cm³/mol. The molecule has 112 valence electrons. The monoisotopic (exact) mass is 284 g/mol. The van der Waals surface area contributed by atoms with Gasteiger partial charge in [-0.3, -0.25) is 4.98 Å². The van der Waals surface area contributed by atoms with Crippen molar-refractivity contribution in [2.45, 2.75) is 26.4 Å². The van der Waals surface area contributed by atoms with Gasteiger partial charge in [0.05, 0.1) is 11.6 Å².